The molecule has 0 bridgehead atoms. The van der Waals surface area contributed by atoms with Crippen LogP contribution in [0.25, 0.3) is 0 Å². The molecule has 1 N–H and O–H groups in total. The normalized spacial score (nSPS) is 16.9. The molecule has 2 rings (SSSR count). The van der Waals surface area contributed by atoms with Gasteiger partial charge in [0.1, 0.15) is 9.88 Å². The zero-order valence-electron chi connectivity index (χ0n) is 15.7. The van der Waals surface area contributed by atoms with Crippen LogP contribution in [0.4, 0.5) is 5.00 Å². The Morgan fingerprint density at radius 1 is 1.27 bits per heavy atom. The highest BCUT2D eigenvalue weighted by Gasteiger charge is 2.28. The SMILES string of the molecule is CCOC(=O)c1sc(NC(=S)N2CCCC(C)C2)c(C(=O)OCC)c1C. The van der Waals surface area contributed by atoms with E-state index < -0.39 is 11.9 Å². The Kier molecular flexibility index (Phi) is 7.40. The number of carbonyl (C=O) groups is 2. The molecule has 6 nitrogen and oxygen atoms in total. The maximum Gasteiger partial charge on any atom is 0.348 e. The summed E-state index contributed by atoms with van der Waals surface area (Å²) >= 11 is 6.72. The number of ether oxygens (including phenoxy) is 2. The van der Waals surface area contributed by atoms with Crippen LogP contribution in [0, 0.1) is 12.8 Å². The topological polar surface area (TPSA) is 67.9 Å². The van der Waals surface area contributed by atoms with Gasteiger partial charge >= 0.3 is 11.9 Å². The molecule has 2 heterocycles. The van der Waals surface area contributed by atoms with Gasteiger partial charge in [0.2, 0.25) is 0 Å². The van der Waals surface area contributed by atoms with Crippen LogP contribution < -0.4 is 5.32 Å². The van der Waals surface area contributed by atoms with Crippen LogP contribution >= 0.6 is 23.6 Å². The lowest BCUT2D eigenvalue weighted by atomic mass is 10.0. The third-order valence-corrected chi connectivity index (χ3v) is 5.80. The molecule has 0 aromatic carbocycles. The number of likely N-dealkylation sites (tertiary alicyclic amines) is 1. The number of nitrogens with one attached hydrogen (secondary N) is 1. The summed E-state index contributed by atoms with van der Waals surface area (Å²) in [7, 11) is 0. The van der Waals surface area contributed by atoms with Crippen LogP contribution in [0.15, 0.2) is 0 Å². The number of carbonyl (C=O) groups excluding carboxylic acids is 2. The number of thiophene rings is 1. The summed E-state index contributed by atoms with van der Waals surface area (Å²) in [5.74, 6) is -0.326. The summed E-state index contributed by atoms with van der Waals surface area (Å²) in [5.41, 5.74) is 0.913. The average molecular weight is 399 g/mol. The van der Waals surface area contributed by atoms with Crippen molar-refractivity contribution in [3.63, 3.8) is 0 Å². The molecule has 1 aliphatic rings. The fraction of sp³-hybridized carbons (Fsp3) is 0.611. The Hall–Kier alpha value is -1.67. The van der Waals surface area contributed by atoms with Crippen molar-refractivity contribution in [2.75, 3.05) is 31.6 Å². The summed E-state index contributed by atoms with van der Waals surface area (Å²) < 4.78 is 10.3. The molecule has 1 unspecified atom stereocenters. The average Bonchev–Trinajstić information content (AvgIpc) is 2.91. The summed E-state index contributed by atoms with van der Waals surface area (Å²) in [6.45, 7) is 9.74. The van der Waals surface area contributed by atoms with Crippen LogP contribution in [0.3, 0.4) is 0 Å². The monoisotopic (exact) mass is 398 g/mol. The Morgan fingerprint density at radius 3 is 2.54 bits per heavy atom. The largest absolute Gasteiger partial charge is 0.462 e. The smallest absolute Gasteiger partial charge is 0.348 e. The first kappa shape index (κ1) is 20.6. The number of anilines is 1. The van der Waals surface area contributed by atoms with Gasteiger partial charge in [-0.05, 0) is 57.3 Å². The van der Waals surface area contributed by atoms with Gasteiger partial charge in [-0.15, -0.1) is 11.3 Å². The number of hydrogen-bond donors (Lipinski definition) is 1. The number of rotatable bonds is 5. The predicted octanol–water partition coefficient (Wildman–Crippen LogP) is 3.84. The van der Waals surface area contributed by atoms with Crippen LogP contribution in [0.5, 0.6) is 0 Å². The van der Waals surface area contributed by atoms with Gasteiger partial charge in [-0.3, -0.25) is 0 Å². The van der Waals surface area contributed by atoms with Gasteiger partial charge in [-0.2, -0.15) is 0 Å². The second-order valence-electron chi connectivity index (χ2n) is 6.32. The Labute approximate surface area is 163 Å². The standard InChI is InChI=1S/C18H26N2O4S2/c1-5-23-16(21)13-12(4)14(17(22)24-6-2)26-15(13)19-18(25)20-9-7-8-11(3)10-20/h11H,5-10H2,1-4H3,(H,19,25). The maximum absolute atomic E-state index is 12.4. The molecule has 0 aliphatic carbocycles. The van der Waals surface area contributed by atoms with E-state index in [4.69, 9.17) is 21.7 Å². The summed E-state index contributed by atoms with van der Waals surface area (Å²) in [5, 5.41) is 4.27. The van der Waals surface area contributed by atoms with Crippen LogP contribution in [0.2, 0.25) is 0 Å². The Morgan fingerprint density at radius 2 is 1.92 bits per heavy atom. The van der Waals surface area contributed by atoms with Crippen LogP contribution in [0.1, 0.15) is 59.2 Å². The van der Waals surface area contributed by atoms with E-state index in [0.29, 0.717) is 32.0 Å². The fourth-order valence-electron chi connectivity index (χ4n) is 2.99. The first-order valence-electron chi connectivity index (χ1n) is 8.92. The minimum absolute atomic E-state index is 0.260. The molecule has 1 aliphatic heterocycles. The van der Waals surface area contributed by atoms with Crippen molar-refractivity contribution in [3.05, 3.63) is 16.0 Å². The third kappa shape index (κ3) is 4.73. The van der Waals surface area contributed by atoms with E-state index >= 15 is 0 Å². The molecule has 0 radical (unpaired) electrons. The van der Waals surface area contributed by atoms with Crippen molar-refractivity contribution < 1.29 is 19.1 Å². The third-order valence-electron chi connectivity index (χ3n) is 4.25. The number of piperidine rings is 1. The fourth-order valence-corrected chi connectivity index (χ4v) is 4.41. The van der Waals surface area contributed by atoms with Crippen LogP contribution in [-0.2, 0) is 9.47 Å². The van der Waals surface area contributed by atoms with E-state index in [-0.39, 0.29) is 13.2 Å². The first-order valence-corrected chi connectivity index (χ1v) is 10.1. The quantitative estimate of drug-likeness (QED) is 0.597. The molecule has 144 valence electrons. The maximum atomic E-state index is 12.4. The second kappa shape index (κ2) is 9.32. The minimum Gasteiger partial charge on any atom is -0.462 e. The van der Waals surface area contributed by atoms with Crippen molar-refractivity contribution in [3.8, 4) is 0 Å². The Balaban J connectivity index is 2.29. The van der Waals surface area contributed by atoms with Gasteiger partial charge in [0.15, 0.2) is 5.11 Å². The molecule has 1 fully saturated rings. The number of esters is 2. The molecule has 8 heteroatoms. The minimum atomic E-state index is -0.464. The van der Waals surface area contributed by atoms with E-state index in [2.05, 4.69) is 17.1 Å². The van der Waals surface area contributed by atoms with Crippen molar-refractivity contribution in [1.29, 1.82) is 0 Å². The van der Waals surface area contributed by atoms with Crippen LogP contribution in [-0.4, -0.2) is 48.3 Å². The van der Waals surface area contributed by atoms with E-state index in [1.165, 1.54) is 17.8 Å². The van der Waals surface area contributed by atoms with E-state index in [0.717, 1.165) is 19.5 Å². The summed E-state index contributed by atoms with van der Waals surface area (Å²) in [6.07, 6.45) is 2.28. The highest BCUT2D eigenvalue weighted by Crippen LogP contribution is 2.34. The van der Waals surface area contributed by atoms with Gasteiger partial charge in [-0.25, -0.2) is 9.59 Å². The lowest BCUT2D eigenvalue weighted by Crippen LogP contribution is -2.41. The van der Waals surface area contributed by atoms with Gasteiger partial charge < -0.3 is 19.7 Å². The van der Waals surface area contributed by atoms with Crippen molar-refractivity contribution in [2.24, 2.45) is 5.92 Å². The van der Waals surface area contributed by atoms with Gasteiger partial charge in [0, 0.05) is 13.1 Å². The molecule has 0 saturated carbocycles. The van der Waals surface area contributed by atoms with E-state index in [1.807, 2.05) is 0 Å². The number of nitrogens with zero attached hydrogens (tertiary/aromatic N) is 1. The van der Waals surface area contributed by atoms with Gasteiger partial charge in [0.05, 0.1) is 18.8 Å². The lowest BCUT2D eigenvalue weighted by molar-refractivity contribution is 0.0527. The van der Waals surface area contributed by atoms with Crippen molar-refractivity contribution in [2.45, 2.75) is 40.5 Å². The van der Waals surface area contributed by atoms with E-state index in [1.54, 1.807) is 20.8 Å². The molecule has 0 amide bonds. The Bertz CT molecular complexity index is 687. The lowest BCUT2D eigenvalue weighted by Gasteiger charge is -2.33. The highest BCUT2D eigenvalue weighted by molar-refractivity contribution is 7.80. The van der Waals surface area contributed by atoms with Gasteiger partial charge in [0.25, 0.3) is 0 Å². The first-order chi connectivity index (χ1) is 12.4. The molecule has 0 spiro atoms. The zero-order valence-corrected chi connectivity index (χ0v) is 17.3. The predicted molar refractivity (Wildman–Crippen MR) is 107 cm³/mol. The molecule has 1 atom stereocenters. The highest BCUT2D eigenvalue weighted by atomic mass is 32.1. The summed E-state index contributed by atoms with van der Waals surface area (Å²) in [4.78, 5) is 27.1. The summed E-state index contributed by atoms with van der Waals surface area (Å²) in [6, 6.07) is 0. The molecule has 1 saturated heterocycles. The zero-order chi connectivity index (χ0) is 19.3. The molecular formula is C18H26N2O4S2. The van der Waals surface area contributed by atoms with Crippen molar-refractivity contribution >= 4 is 45.6 Å². The second-order valence-corrected chi connectivity index (χ2v) is 7.73. The molecular weight excluding hydrogens is 372 g/mol. The molecule has 1 aromatic heterocycles. The van der Waals surface area contributed by atoms with Gasteiger partial charge in [-0.1, -0.05) is 6.92 Å². The number of thiocarbonyl (C=S) groups is 1. The van der Waals surface area contributed by atoms with Crippen molar-refractivity contribution in [1.82, 2.24) is 4.90 Å². The number of hydrogen-bond acceptors (Lipinski definition) is 6. The van der Waals surface area contributed by atoms with E-state index in [9.17, 15) is 9.59 Å². The molecule has 26 heavy (non-hydrogen) atoms. The molecule has 1 aromatic rings.